The van der Waals surface area contributed by atoms with Gasteiger partial charge in [-0.3, -0.25) is 10.3 Å². The highest BCUT2D eigenvalue weighted by molar-refractivity contribution is 5.85. The van der Waals surface area contributed by atoms with E-state index >= 15 is 0 Å². The fourth-order valence-corrected chi connectivity index (χ4v) is 1.10. The first-order valence-electron chi connectivity index (χ1n) is 5.72. The normalized spacial score (nSPS) is 9.53. The molecule has 1 aromatic carbocycles. The van der Waals surface area contributed by atoms with Crippen molar-refractivity contribution >= 4 is 18.1 Å². The number of anilines is 1. The SMILES string of the molecule is CCCONNc1ccc(OCCC)cc1.Cl. The molecule has 0 aliphatic heterocycles. The highest BCUT2D eigenvalue weighted by atomic mass is 35.5. The largest absolute Gasteiger partial charge is 0.494 e. The van der Waals surface area contributed by atoms with E-state index in [1.165, 1.54) is 0 Å². The van der Waals surface area contributed by atoms with Gasteiger partial charge in [-0.1, -0.05) is 13.8 Å². The average Bonchev–Trinajstić information content (AvgIpc) is 2.33. The topological polar surface area (TPSA) is 42.5 Å². The Morgan fingerprint density at radius 2 is 1.65 bits per heavy atom. The lowest BCUT2D eigenvalue weighted by Crippen LogP contribution is -2.22. The molecule has 0 fully saturated rings. The molecule has 0 spiro atoms. The number of hydrazine groups is 1. The highest BCUT2D eigenvalue weighted by Crippen LogP contribution is 2.14. The molecule has 0 saturated carbocycles. The smallest absolute Gasteiger partial charge is 0.119 e. The van der Waals surface area contributed by atoms with Gasteiger partial charge in [-0.05, 0) is 37.1 Å². The van der Waals surface area contributed by atoms with E-state index in [-0.39, 0.29) is 12.4 Å². The fourth-order valence-electron chi connectivity index (χ4n) is 1.10. The van der Waals surface area contributed by atoms with Gasteiger partial charge in [0.25, 0.3) is 0 Å². The van der Waals surface area contributed by atoms with E-state index in [2.05, 4.69) is 24.9 Å². The first-order chi connectivity index (χ1) is 7.86. The zero-order chi connectivity index (χ0) is 11.6. The Hall–Kier alpha value is -0.970. The van der Waals surface area contributed by atoms with Crippen molar-refractivity contribution < 1.29 is 9.57 Å². The van der Waals surface area contributed by atoms with Gasteiger partial charge >= 0.3 is 0 Å². The molecule has 98 valence electrons. The van der Waals surface area contributed by atoms with E-state index < -0.39 is 0 Å². The molecule has 0 amide bonds. The third-order valence-corrected chi connectivity index (χ3v) is 1.90. The van der Waals surface area contributed by atoms with Crippen LogP contribution in [-0.4, -0.2) is 13.2 Å². The van der Waals surface area contributed by atoms with Gasteiger partial charge in [-0.25, -0.2) is 0 Å². The Morgan fingerprint density at radius 1 is 1.00 bits per heavy atom. The number of benzene rings is 1. The number of halogens is 1. The third-order valence-electron chi connectivity index (χ3n) is 1.90. The minimum atomic E-state index is 0. The van der Waals surface area contributed by atoms with Crippen LogP contribution in [0.15, 0.2) is 24.3 Å². The molecule has 1 rings (SSSR count). The van der Waals surface area contributed by atoms with E-state index in [4.69, 9.17) is 9.57 Å². The predicted molar refractivity (Wildman–Crippen MR) is 72.5 cm³/mol. The maximum atomic E-state index is 5.47. The Kier molecular flexibility index (Phi) is 9.62. The van der Waals surface area contributed by atoms with Gasteiger partial charge in [0.1, 0.15) is 5.75 Å². The average molecular weight is 261 g/mol. The van der Waals surface area contributed by atoms with Crippen LogP contribution in [0.25, 0.3) is 0 Å². The van der Waals surface area contributed by atoms with Crippen molar-refractivity contribution in [3.05, 3.63) is 24.3 Å². The molecule has 0 atom stereocenters. The van der Waals surface area contributed by atoms with E-state index in [1.807, 2.05) is 24.3 Å². The molecule has 0 saturated heterocycles. The Balaban J connectivity index is 0.00000256. The molecule has 2 N–H and O–H groups in total. The first-order valence-corrected chi connectivity index (χ1v) is 5.72. The standard InChI is InChI=1S/C12H20N2O2.ClH/c1-3-9-15-12-7-5-11(6-8-12)13-14-16-10-4-2;/h5-8,13-14H,3-4,9-10H2,1-2H3;1H. The summed E-state index contributed by atoms with van der Waals surface area (Å²) in [7, 11) is 0. The molecule has 0 heterocycles. The molecule has 0 aromatic heterocycles. The minimum absolute atomic E-state index is 0. The van der Waals surface area contributed by atoms with E-state index in [9.17, 15) is 0 Å². The summed E-state index contributed by atoms with van der Waals surface area (Å²) in [5.74, 6) is 0.891. The van der Waals surface area contributed by atoms with Crippen LogP contribution < -0.4 is 15.8 Å². The zero-order valence-electron chi connectivity index (χ0n) is 10.4. The molecule has 5 heteroatoms. The second-order valence-electron chi connectivity index (χ2n) is 3.45. The number of hydrogen-bond donors (Lipinski definition) is 2. The first kappa shape index (κ1) is 16.0. The third kappa shape index (κ3) is 7.05. The molecule has 0 bridgehead atoms. The summed E-state index contributed by atoms with van der Waals surface area (Å²) in [6, 6.07) is 7.74. The quantitative estimate of drug-likeness (QED) is 0.557. The van der Waals surface area contributed by atoms with Crippen molar-refractivity contribution in [3.8, 4) is 5.75 Å². The van der Waals surface area contributed by atoms with Crippen molar-refractivity contribution in [2.24, 2.45) is 0 Å². The summed E-state index contributed by atoms with van der Waals surface area (Å²) in [6.45, 7) is 5.59. The number of ether oxygens (including phenoxy) is 1. The maximum Gasteiger partial charge on any atom is 0.119 e. The number of hydrogen-bond acceptors (Lipinski definition) is 4. The lowest BCUT2D eigenvalue weighted by Gasteiger charge is -2.09. The van der Waals surface area contributed by atoms with Crippen molar-refractivity contribution in [1.29, 1.82) is 0 Å². The van der Waals surface area contributed by atoms with Crippen LogP contribution >= 0.6 is 12.4 Å². The summed E-state index contributed by atoms with van der Waals surface area (Å²) in [6.07, 6.45) is 2.00. The van der Waals surface area contributed by atoms with Gasteiger partial charge in [0.15, 0.2) is 0 Å². The Labute approximate surface area is 109 Å². The second-order valence-corrected chi connectivity index (χ2v) is 3.45. The van der Waals surface area contributed by atoms with Crippen molar-refractivity contribution in [3.63, 3.8) is 0 Å². The highest BCUT2D eigenvalue weighted by Gasteiger charge is 1.94. The van der Waals surface area contributed by atoms with E-state index in [1.54, 1.807) is 0 Å². The summed E-state index contributed by atoms with van der Waals surface area (Å²) in [5.41, 5.74) is 6.55. The van der Waals surface area contributed by atoms with Crippen LogP contribution in [-0.2, 0) is 4.84 Å². The number of nitrogens with one attached hydrogen (secondary N) is 2. The Bertz CT molecular complexity index is 280. The molecule has 4 nitrogen and oxygen atoms in total. The second kappa shape index (κ2) is 10.2. The van der Waals surface area contributed by atoms with Gasteiger partial charge in [0.2, 0.25) is 0 Å². The zero-order valence-corrected chi connectivity index (χ0v) is 11.2. The van der Waals surface area contributed by atoms with E-state index in [0.29, 0.717) is 6.61 Å². The van der Waals surface area contributed by atoms with Crippen molar-refractivity contribution in [2.45, 2.75) is 26.7 Å². The molecule has 17 heavy (non-hydrogen) atoms. The monoisotopic (exact) mass is 260 g/mol. The van der Waals surface area contributed by atoms with Gasteiger partial charge in [-0.2, -0.15) is 0 Å². The van der Waals surface area contributed by atoms with Crippen molar-refractivity contribution in [1.82, 2.24) is 5.59 Å². The fraction of sp³-hybridized carbons (Fsp3) is 0.500. The predicted octanol–water partition coefficient (Wildman–Crippen LogP) is 3.16. The molecule has 0 radical (unpaired) electrons. The number of rotatable bonds is 8. The van der Waals surface area contributed by atoms with Gasteiger partial charge < -0.3 is 4.74 Å². The lowest BCUT2D eigenvalue weighted by molar-refractivity contribution is 0.0576. The van der Waals surface area contributed by atoms with E-state index in [0.717, 1.165) is 30.9 Å². The Morgan fingerprint density at radius 3 is 2.24 bits per heavy atom. The van der Waals surface area contributed by atoms with Gasteiger partial charge in [-0.15, -0.1) is 18.0 Å². The van der Waals surface area contributed by atoms with Crippen LogP contribution in [0.5, 0.6) is 5.75 Å². The lowest BCUT2D eigenvalue weighted by atomic mass is 10.3. The van der Waals surface area contributed by atoms with Gasteiger partial charge in [0.05, 0.1) is 18.9 Å². The molecular weight excluding hydrogens is 240 g/mol. The van der Waals surface area contributed by atoms with Crippen LogP contribution in [0.3, 0.4) is 0 Å². The maximum absolute atomic E-state index is 5.47. The minimum Gasteiger partial charge on any atom is -0.494 e. The van der Waals surface area contributed by atoms with Crippen LogP contribution in [0.4, 0.5) is 5.69 Å². The summed E-state index contributed by atoms with van der Waals surface area (Å²) in [4.78, 5) is 5.09. The molecular formula is C12H21ClN2O2. The van der Waals surface area contributed by atoms with Crippen molar-refractivity contribution in [2.75, 3.05) is 18.6 Å². The van der Waals surface area contributed by atoms with Crippen LogP contribution in [0, 0.1) is 0 Å². The summed E-state index contributed by atoms with van der Waals surface area (Å²) >= 11 is 0. The summed E-state index contributed by atoms with van der Waals surface area (Å²) in [5, 5.41) is 0. The molecule has 0 aliphatic rings. The molecule has 1 aromatic rings. The van der Waals surface area contributed by atoms with Crippen LogP contribution in [0.1, 0.15) is 26.7 Å². The molecule has 0 unspecified atom stereocenters. The summed E-state index contributed by atoms with van der Waals surface area (Å²) < 4.78 is 5.47. The van der Waals surface area contributed by atoms with Crippen LogP contribution in [0.2, 0.25) is 0 Å². The molecule has 0 aliphatic carbocycles. The van der Waals surface area contributed by atoms with Gasteiger partial charge in [0, 0.05) is 0 Å².